The van der Waals surface area contributed by atoms with E-state index >= 15 is 0 Å². The van der Waals surface area contributed by atoms with E-state index in [2.05, 4.69) is 31.1 Å². The Bertz CT molecular complexity index is 377. The molecule has 0 fully saturated rings. The molecule has 0 saturated carbocycles. The summed E-state index contributed by atoms with van der Waals surface area (Å²) in [5.74, 6) is -0.769. The molecule has 1 rings (SSSR count). The van der Waals surface area contributed by atoms with Gasteiger partial charge in [0, 0.05) is 35.4 Å². The quantitative estimate of drug-likeness (QED) is 0.707. The van der Waals surface area contributed by atoms with Crippen LogP contribution >= 0.6 is 11.3 Å². The van der Waals surface area contributed by atoms with Crippen LogP contribution in [0.3, 0.4) is 0 Å². The monoisotopic (exact) mass is 270 g/mol. The Kier molecular flexibility index (Phi) is 6.32. The Labute approximate surface area is 113 Å². The third-order valence-electron chi connectivity index (χ3n) is 2.86. The maximum atomic E-state index is 10.6. The number of likely N-dealkylation sites (N-methyl/N-ethyl adjacent to an activating group) is 1. The molecular weight excluding hydrogens is 248 g/mol. The van der Waals surface area contributed by atoms with Gasteiger partial charge < -0.3 is 15.3 Å². The molecule has 1 aromatic heterocycles. The lowest BCUT2D eigenvalue weighted by Crippen LogP contribution is -2.33. The van der Waals surface area contributed by atoms with Gasteiger partial charge in [-0.25, -0.2) is 0 Å². The van der Waals surface area contributed by atoms with E-state index in [-0.39, 0.29) is 6.42 Å². The Morgan fingerprint density at radius 3 is 2.72 bits per heavy atom. The number of carbonyl (C=O) groups is 1. The fourth-order valence-corrected chi connectivity index (χ4v) is 2.47. The SMILES string of the molecule is CC(C)N(C)CCNCc1ccc(CC(=O)O)s1. The maximum absolute atomic E-state index is 10.6. The van der Waals surface area contributed by atoms with Crippen LogP contribution in [0, 0.1) is 0 Å². The zero-order valence-electron chi connectivity index (χ0n) is 11.3. The summed E-state index contributed by atoms with van der Waals surface area (Å²) < 4.78 is 0. The number of thiophene rings is 1. The predicted molar refractivity (Wildman–Crippen MR) is 75.1 cm³/mol. The van der Waals surface area contributed by atoms with Crippen molar-refractivity contribution >= 4 is 17.3 Å². The maximum Gasteiger partial charge on any atom is 0.308 e. The molecule has 5 heteroatoms. The summed E-state index contributed by atoms with van der Waals surface area (Å²) in [6.07, 6.45) is 0.126. The van der Waals surface area contributed by atoms with Crippen LogP contribution in [0.2, 0.25) is 0 Å². The van der Waals surface area contributed by atoms with Crippen molar-refractivity contribution in [3.63, 3.8) is 0 Å². The van der Waals surface area contributed by atoms with Crippen LogP contribution in [-0.2, 0) is 17.8 Å². The van der Waals surface area contributed by atoms with Gasteiger partial charge in [-0.3, -0.25) is 4.79 Å². The highest BCUT2D eigenvalue weighted by atomic mass is 32.1. The summed E-state index contributed by atoms with van der Waals surface area (Å²) in [6, 6.07) is 4.47. The third kappa shape index (κ3) is 5.62. The lowest BCUT2D eigenvalue weighted by molar-refractivity contribution is -0.136. The number of nitrogens with one attached hydrogen (secondary N) is 1. The topological polar surface area (TPSA) is 52.6 Å². The molecule has 0 saturated heterocycles. The van der Waals surface area contributed by atoms with E-state index in [0.717, 1.165) is 24.5 Å². The summed E-state index contributed by atoms with van der Waals surface area (Å²) in [6.45, 7) is 7.14. The molecule has 0 unspecified atom stereocenters. The van der Waals surface area contributed by atoms with Crippen molar-refractivity contribution in [3.8, 4) is 0 Å². The summed E-state index contributed by atoms with van der Waals surface area (Å²) in [5.41, 5.74) is 0. The van der Waals surface area contributed by atoms with Gasteiger partial charge in [0.15, 0.2) is 0 Å². The van der Waals surface area contributed by atoms with Gasteiger partial charge in [-0.2, -0.15) is 0 Å². The molecule has 0 bridgehead atoms. The second-order valence-electron chi connectivity index (χ2n) is 4.69. The van der Waals surface area contributed by atoms with Gasteiger partial charge in [0.25, 0.3) is 0 Å². The first-order chi connectivity index (χ1) is 8.49. The molecule has 102 valence electrons. The average molecular weight is 270 g/mol. The molecule has 0 spiro atoms. The van der Waals surface area contributed by atoms with E-state index in [1.807, 2.05) is 12.1 Å². The minimum absolute atomic E-state index is 0.126. The fraction of sp³-hybridized carbons (Fsp3) is 0.615. The highest BCUT2D eigenvalue weighted by molar-refractivity contribution is 7.12. The standard InChI is InChI=1S/C13H22N2O2S/c1-10(2)15(3)7-6-14-9-12-5-4-11(18-12)8-13(16)17/h4-5,10,14H,6-9H2,1-3H3,(H,16,17). The van der Waals surface area contributed by atoms with E-state index in [9.17, 15) is 4.79 Å². The van der Waals surface area contributed by atoms with Crippen molar-refractivity contribution in [2.45, 2.75) is 32.9 Å². The lowest BCUT2D eigenvalue weighted by atomic mass is 10.3. The Hall–Kier alpha value is -0.910. The highest BCUT2D eigenvalue weighted by Gasteiger charge is 2.05. The zero-order valence-corrected chi connectivity index (χ0v) is 12.1. The van der Waals surface area contributed by atoms with Crippen LogP contribution in [0.4, 0.5) is 0 Å². The summed E-state index contributed by atoms with van der Waals surface area (Å²) >= 11 is 1.57. The molecule has 2 N–H and O–H groups in total. The Morgan fingerprint density at radius 1 is 1.44 bits per heavy atom. The third-order valence-corrected chi connectivity index (χ3v) is 3.95. The molecule has 18 heavy (non-hydrogen) atoms. The van der Waals surface area contributed by atoms with E-state index in [0.29, 0.717) is 6.04 Å². The minimum Gasteiger partial charge on any atom is -0.481 e. The number of hydrogen-bond donors (Lipinski definition) is 2. The van der Waals surface area contributed by atoms with Crippen molar-refractivity contribution in [2.24, 2.45) is 0 Å². The van der Waals surface area contributed by atoms with Crippen LogP contribution in [0.25, 0.3) is 0 Å². The van der Waals surface area contributed by atoms with Crippen LogP contribution in [0.15, 0.2) is 12.1 Å². The van der Waals surface area contributed by atoms with Crippen molar-refractivity contribution in [1.82, 2.24) is 10.2 Å². The summed E-state index contributed by atoms with van der Waals surface area (Å²) in [5, 5.41) is 12.1. The number of rotatable bonds is 8. The molecule has 4 nitrogen and oxygen atoms in total. The number of hydrogen-bond acceptors (Lipinski definition) is 4. The molecule has 0 atom stereocenters. The van der Waals surface area contributed by atoms with Crippen molar-refractivity contribution in [2.75, 3.05) is 20.1 Å². The smallest absolute Gasteiger partial charge is 0.308 e. The summed E-state index contributed by atoms with van der Waals surface area (Å²) in [7, 11) is 2.11. The minimum atomic E-state index is -0.769. The normalized spacial score (nSPS) is 11.4. The van der Waals surface area contributed by atoms with Gasteiger partial charge >= 0.3 is 5.97 Å². The zero-order chi connectivity index (χ0) is 13.5. The Balaban J connectivity index is 2.23. The van der Waals surface area contributed by atoms with E-state index < -0.39 is 5.97 Å². The molecule has 0 aromatic carbocycles. The second-order valence-corrected chi connectivity index (χ2v) is 5.94. The van der Waals surface area contributed by atoms with E-state index in [4.69, 9.17) is 5.11 Å². The van der Waals surface area contributed by atoms with Gasteiger partial charge in [-0.05, 0) is 33.0 Å². The molecular formula is C13H22N2O2S. The molecule has 0 amide bonds. The van der Waals surface area contributed by atoms with Crippen LogP contribution in [-0.4, -0.2) is 42.2 Å². The first kappa shape index (κ1) is 15.1. The van der Waals surface area contributed by atoms with Crippen LogP contribution in [0.1, 0.15) is 23.6 Å². The number of carboxylic acids is 1. The molecule has 0 aliphatic heterocycles. The first-order valence-electron chi connectivity index (χ1n) is 6.19. The van der Waals surface area contributed by atoms with Crippen molar-refractivity contribution in [1.29, 1.82) is 0 Å². The highest BCUT2D eigenvalue weighted by Crippen LogP contribution is 2.16. The van der Waals surface area contributed by atoms with Crippen molar-refractivity contribution in [3.05, 3.63) is 21.9 Å². The van der Waals surface area contributed by atoms with E-state index in [1.54, 1.807) is 11.3 Å². The molecule has 1 aromatic rings. The van der Waals surface area contributed by atoms with Gasteiger partial charge in [-0.1, -0.05) is 0 Å². The fourth-order valence-electron chi connectivity index (χ4n) is 1.49. The van der Waals surface area contributed by atoms with Gasteiger partial charge in [0.1, 0.15) is 0 Å². The second kappa shape index (κ2) is 7.51. The van der Waals surface area contributed by atoms with Crippen LogP contribution in [0.5, 0.6) is 0 Å². The number of nitrogens with zero attached hydrogens (tertiary/aromatic N) is 1. The molecule has 0 radical (unpaired) electrons. The molecule has 0 aliphatic rings. The number of carboxylic acid groups (broad SMARTS) is 1. The first-order valence-corrected chi connectivity index (χ1v) is 7.01. The average Bonchev–Trinajstić information content (AvgIpc) is 2.70. The lowest BCUT2D eigenvalue weighted by Gasteiger charge is -2.20. The largest absolute Gasteiger partial charge is 0.481 e. The van der Waals surface area contributed by atoms with Gasteiger partial charge in [-0.15, -0.1) is 11.3 Å². The molecule has 1 heterocycles. The van der Waals surface area contributed by atoms with Crippen molar-refractivity contribution < 1.29 is 9.90 Å². The molecule has 0 aliphatic carbocycles. The van der Waals surface area contributed by atoms with Gasteiger partial charge in [0.05, 0.1) is 6.42 Å². The summed E-state index contributed by atoms with van der Waals surface area (Å²) in [4.78, 5) is 15.0. The van der Waals surface area contributed by atoms with E-state index in [1.165, 1.54) is 4.88 Å². The Morgan fingerprint density at radius 2 is 2.11 bits per heavy atom. The predicted octanol–water partition coefficient (Wildman–Crippen LogP) is 1.80. The van der Waals surface area contributed by atoms with Gasteiger partial charge in [0.2, 0.25) is 0 Å². The number of aliphatic carboxylic acids is 1. The van der Waals surface area contributed by atoms with Crippen LogP contribution < -0.4 is 5.32 Å².